The number of rotatable bonds is 4. The van der Waals surface area contributed by atoms with Gasteiger partial charge in [-0.05, 0) is 37.6 Å². The number of nitrogens with one attached hydrogen (secondary N) is 1. The zero-order chi connectivity index (χ0) is 15.6. The highest BCUT2D eigenvalue weighted by Crippen LogP contribution is 2.21. The van der Waals surface area contributed by atoms with Gasteiger partial charge in [0.1, 0.15) is 4.99 Å². The molecule has 2 rings (SSSR count). The van der Waals surface area contributed by atoms with Crippen molar-refractivity contribution in [3.05, 3.63) is 53.3 Å². The smallest absolute Gasteiger partial charge is 0.262 e. The quantitative estimate of drug-likeness (QED) is 0.843. The van der Waals surface area contributed by atoms with Crippen molar-refractivity contribution in [1.82, 2.24) is 4.98 Å². The Labute approximate surface area is 129 Å². The number of nitrogens with zero attached hydrogens (tertiary/aromatic N) is 1. The van der Waals surface area contributed by atoms with Crippen LogP contribution in [-0.2, 0) is 10.0 Å². The van der Waals surface area contributed by atoms with Crippen LogP contribution in [0.15, 0.2) is 41.4 Å². The van der Waals surface area contributed by atoms with Crippen LogP contribution in [0.3, 0.4) is 0 Å². The number of hydrogen-bond acceptors (Lipinski definition) is 4. The molecule has 0 saturated heterocycles. The van der Waals surface area contributed by atoms with Crippen LogP contribution in [0.4, 0.5) is 5.69 Å². The summed E-state index contributed by atoms with van der Waals surface area (Å²) in [6.07, 6.45) is 1.55. The maximum Gasteiger partial charge on any atom is 0.262 e. The van der Waals surface area contributed by atoms with Gasteiger partial charge in [-0.1, -0.05) is 24.4 Å². The van der Waals surface area contributed by atoms with E-state index in [4.69, 9.17) is 18.0 Å². The SMILES string of the molecule is Cc1cc(NS(=O)(=O)c2cc(C(N)=S)ccc2C)ccn1. The third-order valence-corrected chi connectivity index (χ3v) is 4.67. The number of aryl methyl sites for hydroxylation is 2. The molecule has 5 nitrogen and oxygen atoms in total. The van der Waals surface area contributed by atoms with E-state index in [1.165, 1.54) is 6.07 Å². The summed E-state index contributed by atoms with van der Waals surface area (Å²) in [5.41, 5.74) is 7.88. The fourth-order valence-electron chi connectivity index (χ4n) is 1.86. The molecule has 0 fully saturated rings. The zero-order valence-electron chi connectivity index (χ0n) is 11.6. The second kappa shape index (κ2) is 5.79. The molecule has 3 N–H and O–H groups in total. The number of benzene rings is 1. The zero-order valence-corrected chi connectivity index (χ0v) is 13.3. The van der Waals surface area contributed by atoms with E-state index in [9.17, 15) is 8.42 Å². The molecule has 1 aromatic carbocycles. The van der Waals surface area contributed by atoms with E-state index in [0.29, 0.717) is 16.8 Å². The molecule has 0 radical (unpaired) electrons. The molecule has 0 aliphatic carbocycles. The highest BCUT2D eigenvalue weighted by atomic mass is 32.2. The second-order valence-electron chi connectivity index (χ2n) is 4.64. The Hall–Kier alpha value is -1.99. The number of anilines is 1. The lowest BCUT2D eigenvalue weighted by Crippen LogP contribution is -2.16. The molecule has 0 amide bonds. The van der Waals surface area contributed by atoms with Gasteiger partial charge in [0.05, 0.1) is 10.6 Å². The van der Waals surface area contributed by atoms with Gasteiger partial charge in [-0.3, -0.25) is 9.71 Å². The minimum atomic E-state index is -3.71. The Morgan fingerprint density at radius 1 is 1.24 bits per heavy atom. The van der Waals surface area contributed by atoms with Crippen LogP contribution >= 0.6 is 12.2 Å². The average Bonchev–Trinajstić information content (AvgIpc) is 2.38. The summed E-state index contributed by atoms with van der Waals surface area (Å²) in [6, 6.07) is 8.11. The molecule has 0 atom stereocenters. The number of sulfonamides is 1. The predicted octanol–water partition coefficient (Wildman–Crippen LogP) is 2.13. The number of pyridine rings is 1. The van der Waals surface area contributed by atoms with Crippen molar-refractivity contribution in [2.45, 2.75) is 18.7 Å². The fraction of sp³-hybridized carbons (Fsp3) is 0.143. The highest BCUT2D eigenvalue weighted by Gasteiger charge is 2.18. The predicted molar refractivity (Wildman–Crippen MR) is 86.8 cm³/mol. The van der Waals surface area contributed by atoms with Crippen molar-refractivity contribution in [2.75, 3.05) is 4.72 Å². The molecular formula is C14H15N3O2S2. The van der Waals surface area contributed by atoms with Crippen molar-refractivity contribution >= 4 is 32.9 Å². The first kappa shape index (κ1) is 15.4. The molecule has 0 aliphatic rings. The monoisotopic (exact) mass is 321 g/mol. The Kier molecular flexibility index (Phi) is 4.24. The van der Waals surface area contributed by atoms with Crippen molar-refractivity contribution in [3.63, 3.8) is 0 Å². The summed E-state index contributed by atoms with van der Waals surface area (Å²) >= 11 is 4.89. The van der Waals surface area contributed by atoms with E-state index in [2.05, 4.69) is 9.71 Å². The molecular weight excluding hydrogens is 306 g/mol. The summed E-state index contributed by atoms with van der Waals surface area (Å²) < 4.78 is 27.5. The van der Waals surface area contributed by atoms with Crippen LogP contribution in [-0.4, -0.2) is 18.4 Å². The van der Waals surface area contributed by atoms with Crippen LogP contribution in [0, 0.1) is 13.8 Å². The molecule has 21 heavy (non-hydrogen) atoms. The van der Waals surface area contributed by atoms with Crippen LogP contribution in [0.2, 0.25) is 0 Å². The minimum absolute atomic E-state index is 0.155. The first-order valence-electron chi connectivity index (χ1n) is 6.15. The Morgan fingerprint density at radius 3 is 2.57 bits per heavy atom. The van der Waals surface area contributed by atoms with Gasteiger partial charge in [0.15, 0.2) is 0 Å². The summed E-state index contributed by atoms with van der Waals surface area (Å²) in [6.45, 7) is 3.51. The maximum absolute atomic E-state index is 12.5. The van der Waals surface area contributed by atoms with E-state index in [0.717, 1.165) is 5.69 Å². The average molecular weight is 321 g/mol. The molecule has 2 aromatic rings. The summed E-state index contributed by atoms with van der Waals surface area (Å²) in [4.78, 5) is 4.34. The van der Waals surface area contributed by atoms with Gasteiger partial charge >= 0.3 is 0 Å². The highest BCUT2D eigenvalue weighted by molar-refractivity contribution is 7.92. The Balaban J connectivity index is 2.44. The lowest BCUT2D eigenvalue weighted by molar-refractivity contribution is 0.600. The van der Waals surface area contributed by atoms with Gasteiger partial charge in [-0.15, -0.1) is 0 Å². The van der Waals surface area contributed by atoms with E-state index in [-0.39, 0.29) is 9.88 Å². The normalized spacial score (nSPS) is 11.1. The Morgan fingerprint density at radius 2 is 1.95 bits per heavy atom. The molecule has 0 saturated carbocycles. The molecule has 7 heteroatoms. The summed E-state index contributed by atoms with van der Waals surface area (Å²) in [5.74, 6) is 0. The Bertz CT molecular complexity index is 802. The van der Waals surface area contributed by atoms with Crippen molar-refractivity contribution in [1.29, 1.82) is 0 Å². The largest absolute Gasteiger partial charge is 0.389 e. The molecule has 0 aliphatic heterocycles. The van der Waals surface area contributed by atoms with Gasteiger partial charge in [-0.25, -0.2) is 8.42 Å². The van der Waals surface area contributed by atoms with E-state index in [1.807, 2.05) is 0 Å². The van der Waals surface area contributed by atoms with E-state index < -0.39 is 10.0 Å². The van der Waals surface area contributed by atoms with Crippen molar-refractivity contribution in [2.24, 2.45) is 5.73 Å². The maximum atomic E-state index is 12.5. The molecule has 1 aromatic heterocycles. The van der Waals surface area contributed by atoms with E-state index >= 15 is 0 Å². The number of thiocarbonyl (C=S) groups is 1. The third kappa shape index (κ3) is 3.56. The van der Waals surface area contributed by atoms with Crippen molar-refractivity contribution < 1.29 is 8.42 Å². The molecule has 0 spiro atoms. The van der Waals surface area contributed by atoms with Crippen molar-refractivity contribution in [3.8, 4) is 0 Å². The second-order valence-corrected chi connectivity index (χ2v) is 6.73. The standard InChI is InChI=1S/C14H15N3O2S2/c1-9-3-4-11(14(15)20)8-13(9)21(18,19)17-12-5-6-16-10(2)7-12/h3-8H,1-2H3,(H2,15,20)(H,16,17). The molecule has 0 unspecified atom stereocenters. The summed E-state index contributed by atoms with van der Waals surface area (Å²) in [7, 11) is -3.71. The minimum Gasteiger partial charge on any atom is -0.389 e. The number of aromatic nitrogens is 1. The van der Waals surface area contributed by atoms with Crippen LogP contribution in [0.25, 0.3) is 0 Å². The lowest BCUT2D eigenvalue weighted by atomic mass is 10.1. The van der Waals surface area contributed by atoms with Gasteiger partial charge in [0, 0.05) is 17.5 Å². The lowest BCUT2D eigenvalue weighted by Gasteiger charge is -2.12. The van der Waals surface area contributed by atoms with Crippen LogP contribution in [0.5, 0.6) is 0 Å². The molecule has 110 valence electrons. The number of nitrogens with two attached hydrogens (primary N) is 1. The summed E-state index contributed by atoms with van der Waals surface area (Å²) in [5, 5.41) is 0. The van der Waals surface area contributed by atoms with Crippen LogP contribution < -0.4 is 10.5 Å². The third-order valence-electron chi connectivity index (χ3n) is 2.91. The van der Waals surface area contributed by atoms with Gasteiger partial charge in [-0.2, -0.15) is 0 Å². The van der Waals surface area contributed by atoms with Gasteiger partial charge < -0.3 is 5.73 Å². The van der Waals surface area contributed by atoms with Gasteiger partial charge in [0.25, 0.3) is 10.0 Å². The first-order chi connectivity index (χ1) is 9.79. The molecule has 0 bridgehead atoms. The van der Waals surface area contributed by atoms with Crippen LogP contribution in [0.1, 0.15) is 16.8 Å². The fourth-order valence-corrected chi connectivity index (χ4v) is 3.31. The number of hydrogen-bond donors (Lipinski definition) is 2. The van der Waals surface area contributed by atoms with E-state index in [1.54, 1.807) is 44.3 Å². The topological polar surface area (TPSA) is 85.1 Å². The van der Waals surface area contributed by atoms with Gasteiger partial charge in [0.2, 0.25) is 0 Å². The first-order valence-corrected chi connectivity index (χ1v) is 8.04. The molecule has 1 heterocycles.